The van der Waals surface area contributed by atoms with Gasteiger partial charge in [-0.2, -0.15) is 0 Å². The zero-order chi connectivity index (χ0) is 14.2. The van der Waals surface area contributed by atoms with Gasteiger partial charge >= 0.3 is 0 Å². The van der Waals surface area contributed by atoms with Crippen molar-refractivity contribution in [3.8, 4) is 0 Å². The van der Waals surface area contributed by atoms with Crippen molar-refractivity contribution >= 4 is 17.4 Å². The van der Waals surface area contributed by atoms with Gasteiger partial charge in [0.25, 0.3) is 11.6 Å². The van der Waals surface area contributed by atoms with Crippen molar-refractivity contribution < 1.29 is 14.8 Å². The van der Waals surface area contributed by atoms with E-state index in [1.54, 1.807) is 6.92 Å². The lowest BCUT2D eigenvalue weighted by Crippen LogP contribution is -2.34. The molecule has 2 heterocycles. The molecule has 0 saturated carbocycles. The van der Waals surface area contributed by atoms with E-state index in [0.29, 0.717) is 13.0 Å². The number of nitro groups is 1. The molecule has 1 fully saturated rings. The molecular formula is C11H14N4O4. The molecule has 1 aromatic rings. The third kappa shape index (κ3) is 2.63. The van der Waals surface area contributed by atoms with Gasteiger partial charge in [0.2, 0.25) is 0 Å². The van der Waals surface area contributed by atoms with E-state index in [4.69, 9.17) is 5.73 Å². The van der Waals surface area contributed by atoms with E-state index in [2.05, 4.69) is 4.98 Å². The predicted molar refractivity (Wildman–Crippen MR) is 66.4 cm³/mol. The number of hydrogen-bond acceptors (Lipinski definition) is 6. The number of nitrogens with two attached hydrogens (primary N) is 1. The van der Waals surface area contributed by atoms with Crippen LogP contribution in [0, 0.1) is 10.1 Å². The largest absolute Gasteiger partial charge is 0.388 e. The molecule has 1 aliphatic rings. The van der Waals surface area contributed by atoms with Crippen LogP contribution in [0.4, 0.5) is 11.5 Å². The van der Waals surface area contributed by atoms with E-state index in [-0.39, 0.29) is 23.6 Å². The van der Waals surface area contributed by atoms with Gasteiger partial charge in [-0.15, -0.1) is 0 Å². The Labute approximate surface area is 109 Å². The van der Waals surface area contributed by atoms with Gasteiger partial charge in [0.05, 0.1) is 16.1 Å². The van der Waals surface area contributed by atoms with E-state index in [9.17, 15) is 20.0 Å². The Morgan fingerprint density at radius 2 is 2.37 bits per heavy atom. The summed E-state index contributed by atoms with van der Waals surface area (Å²) < 4.78 is 0. The fourth-order valence-electron chi connectivity index (χ4n) is 2.02. The first kappa shape index (κ1) is 13.2. The standard InChI is InChI=1S/C11H14N4O4/c1-11(17)2-3-14(6-11)10(16)8-4-7(15(18)19)5-13-9(8)12/h4-5,17H,2-3,6H2,1H3,(H2,12,13). The second-order valence-electron chi connectivity index (χ2n) is 4.86. The van der Waals surface area contributed by atoms with E-state index < -0.39 is 16.4 Å². The number of carbonyl (C=O) groups is 1. The van der Waals surface area contributed by atoms with Gasteiger partial charge in [-0.25, -0.2) is 4.98 Å². The van der Waals surface area contributed by atoms with Crippen molar-refractivity contribution in [1.82, 2.24) is 9.88 Å². The first-order chi connectivity index (χ1) is 8.80. The smallest absolute Gasteiger partial charge is 0.288 e. The van der Waals surface area contributed by atoms with Crippen LogP contribution < -0.4 is 5.73 Å². The molecule has 1 saturated heterocycles. The molecule has 1 unspecified atom stereocenters. The lowest BCUT2D eigenvalue weighted by atomic mass is 10.1. The normalized spacial score (nSPS) is 22.5. The van der Waals surface area contributed by atoms with Gasteiger partial charge in [0.15, 0.2) is 0 Å². The van der Waals surface area contributed by atoms with Crippen molar-refractivity contribution in [2.75, 3.05) is 18.8 Å². The molecule has 8 nitrogen and oxygen atoms in total. The number of pyridine rings is 1. The molecule has 102 valence electrons. The Bertz CT molecular complexity index is 543. The average Bonchev–Trinajstić information content (AvgIpc) is 2.69. The Balaban J connectivity index is 2.29. The molecule has 1 aromatic heterocycles. The van der Waals surface area contributed by atoms with Crippen LogP contribution in [0.5, 0.6) is 0 Å². The molecule has 0 aromatic carbocycles. The van der Waals surface area contributed by atoms with Crippen molar-refractivity contribution in [3.63, 3.8) is 0 Å². The van der Waals surface area contributed by atoms with Crippen LogP contribution >= 0.6 is 0 Å². The minimum atomic E-state index is -0.932. The molecule has 2 rings (SSSR count). The van der Waals surface area contributed by atoms with E-state index in [1.165, 1.54) is 4.90 Å². The number of amides is 1. The van der Waals surface area contributed by atoms with Crippen molar-refractivity contribution in [1.29, 1.82) is 0 Å². The molecule has 0 radical (unpaired) electrons. The minimum absolute atomic E-state index is 0.00750. The van der Waals surface area contributed by atoms with Gasteiger partial charge in [-0.05, 0) is 13.3 Å². The molecule has 0 spiro atoms. The van der Waals surface area contributed by atoms with E-state index >= 15 is 0 Å². The van der Waals surface area contributed by atoms with Crippen molar-refractivity contribution in [3.05, 3.63) is 27.9 Å². The van der Waals surface area contributed by atoms with Crippen LogP contribution in [0.2, 0.25) is 0 Å². The third-order valence-electron chi connectivity index (χ3n) is 3.08. The summed E-state index contributed by atoms with van der Waals surface area (Å²) in [6.07, 6.45) is 1.47. The zero-order valence-corrected chi connectivity index (χ0v) is 10.4. The van der Waals surface area contributed by atoms with Crippen molar-refractivity contribution in [2.24, 2.45) is 0 Å². The predicted octanol–water partition coefficient (Wildman–Crippen LogP) is 0.169. The molecule has 3 N–H and O–H groups in total. The number of nitrogen functional groups attached to an aromatic ring is 1. The molecule has 1 atom stereocenters. The summed E-state index contributed by atoms with van der Waals surface area (Å²) in [5.74, 6) is -0.506. The fraction of sp³-hybridized carbons (Fsp3) is 0.455. The second kappa shape index (κ2) is 4.47. The van der Waals surface area contributed by atoms with Crippen LogP contribution in [0.1, 0.15) is 23.7 Å². The Morgan fingerprint density at radius 3 is 2.89 bits per heavy atom. The number of aliphatic hydroxyl groups is 1. The Hall–Kier alpha value is -2.22. The van der Waals surface area contributed by atoms with Gasteiger partial charge in [0.1, 0.15) is 12.0 Å². The number of carbonyl (C=O) groups excluding carboxylic acids is 1. The number of aromatic nitrogens is 1. The van der Waals surface area contributed by atoms with Crippen LogP contribution in [-0.4, -0.2) is 44.5 Å². The van der Waals surface area contributed by atoms with E-state index in [1.807, 2.05) is 0 Å². The number of hydrogen-bond donors (Lipinski definition) is 2. The maximum atomic E-state index is 12.2. The van der Waals surface area contributed by atoms with Gasteiger partial charge < -0.3 is 15.7 Å². The Morgan fingerprint density at radius 1 is 1.68 bits per heavy atom. The molecular weight excluding hydrogens is 252 g/mol. The fourth-order valence-corrected chi connectivity index (χ4v) is 2.02. The topological polar surface area (TPSA) is 123 Å². The van der Waals surface area contributed by atoms with Gasteiger partial charge in [0, 0.05) is 19.2 Å². The summed E-state index contributed by atoms with van der Waals surface area (Å²) >= 11 is 0. The first-order valence-corrected chi connectivity index (χ1v) is 5.72. The average molecular weight is 266 g/mol. The molecule has 8 heteroatoms. The summed E-state index contributed by atoms with van der Waals surface area (Å²) in [6.45, 7) is 2.19. The number of rotatable bonds is 2. The summed E-state index contributed by atoms with van der Waals surface area (Å²) in [7, 11) is 0. The maximum Gasteiger partial charge on any atom is 0.288 e. The highest BCUT2D eigenvalue weighted by Crippen LogP contribution is 2.24. The first-order valence-electron chi connectivity index (χ1n) is 5.72. The van der Waals surface area contributed by atoms with Crippen molar-refractivity contribution in [2.45, 2.75) is 18.9 Å². The molecule has 0 bridgehead atoms. The summed E-state index contributed by atoms with van der Waals surface area (Å²) in [5.41, 5.74) is 4.35. The zero-order valence-electron chi connectivity index (χ0n) is 10.4. The molecule has 1 aliphatic heterocycles. The maximum absolute atomic E-state index is 12.2. The number of nitrogens with zero attached hydrogens (tertiary/aromatic N) is 3. The molecule has 19 heavy (non-hydrogen) atoms. The quantitative estimate of drug-likeness (QED) is 0.581. The highest BCUT2D eigenvalue weighted by Gasteiger charge is 2.35. The van der Waals surface area contributed by atoms with Crippen LogP contribution in [0.3, 0.4) is 0 Å². The summed E-state index contributed by atoms with van der Waals surface area (Å²) in [4.78, 5) is 27.3. The number of likely N-dealkylation sites (tertiary alicyclic amines) is 1. The Kier molecular flexibility index (Phi) is 3.11. The lowest BCUT2D eigenvalue weighted by Gasteiger charge is -2.19. The second-order valence-corrected chi connectivity index (χ2v) is 4.86. The van der Waals surface area contributed by atoms with E-state index in [0.717, 1.165) is 12.3 Å². The number of anilines is 1. The van der Waals surface area contributed by atoms with Crippen LogP contribution in [0.15, 0.2) is 12.3 Å². The molecule has 0 aliphatic carbocycles. The van der Waals surface area contributed by atoms with Gasteiger partial charge in [-0.1, -0.05) is 0 Å². The van der Waals surface area contributed by atoms with Crippen LogP contribution in [-0.2, 0) is 0 Å². The monoisotopic (exact) mass is 266 g/mol. The lowest BCUT2D eigenvalue weighted by molar-refractivity contribution is -0.385. The third-order valence-corrected chi connectivity index (χ3v) is 3.08. The highest BCUT2D eigenvalue weighted by atomic mass is 16.6. The summed E-state index contributed by atoms with van der Waals surface area (Å²) in [6, 6.07) is 1.11. The summed E-state index contributed by atoms with van der Waals surface area (Å²) in [5, 5.41) is 20.5. The molecule has 1 amide bonds. The van der Waals surface area contributed by atoms with Gasteiger partial charge in [-0.3, -0.25) is 14.9 Å². The van der Waals surface area contributed by atoms with Crippen LogP contribution in [0.25, 0.3) is 0 Å². The minimum Gasteiger partial charge on any atom is -0.388 e. The highest BCUT2D eigenvalue weighted by molar-refractivity contribution is 5.99. The SMILES string of the molecule is CC1(O)CCN(C(=O)c2cc([N+](=O)[O-])cnc2N)C1. The number of β-amino-alcohol motifs (C(OH)–C–C–N with tert-alkyl or cyclic N) is 1.